The molecule has 1 aromatic carbocycles. The Morgan fingerprint density at radius 3 is 2.76 bits per heavy atom. The van der Waals surface area contributed by atoms with Crippen LogP contribution in [0.5, 0.6) is 0 Å². The second-order valence-corrected chi connectivity index (χ2v) is 5.37. The molecule has 1 atom stereocenters. The smallest absolute Gasteiger partial charge is 0.151 e. The van der Waals surface area contributed by atoms with Gasteiger partial charge < -0.3 is 0 Å². The Morgan fingerprint density at radius 2 is 2.00 bits per heavy atom. The van der Waals surface area contributed by atoms with E-state index in [9.17, 15) is 0 Å². The minimum absolute atomic E-state index is 0.0493. The molecule has 0 radical (unpaired) electrons. The minimum atomic E-state index is -0.0493. The summed E-state index contributed by atoms with van der Waals surface area (Å²) in [6, 6.07) is 9.83. The first-order valence-corrected chi connectivity index (χ1v) is 6.51. The monoisotopic (exact) mass is 355 g/mol. The van der Waals surface area contributed by atoms with Crippen molar-refractivity contribution >= 4 is 40.4 Å². The van der Waals surface area contributed by atoms with Crippen molar-refractivity contribution in [3.8, 4) is 0 Å². The largest absolute Gasteiger partial charge is 0.278 e. The zero-order valence-electron chi connectivity index (χ0n) is 8.64. The van der Waals surface area contributed by atoms with E-state index in [0.717, 1.165) is 11.3 Å². The Kier molecular flexibility index (Phi) is 2.84. The van der Waals surface area contributed by atoms with Crippen LogP contribution >= 0.6 is 34.2 Å². The van der Waals surface area contributed by atoms with Gasteiger partial charge in [-0.15, -0.1) is 5.10 Å². The third-order valence-corrected chi connectivity index (χ3v) is 3.51. The molecule has 17 heavy (non-hydrogen) atoms. The summed E-state index contributed by atoms with van der Waals surface area (Å²) in [6.07, 6.45) is 1.89. The van der Waals surface area contributed by atoms with Crippen molar-refractivity contribution in [2.45, 2.75) is 6.04 Å². The summed E-state index contributed by atoms with van der Waals surface area (Å²) < 4.78 is 1.20. The van der Waals surface area contributed by atoms with E-state index >= 15 is 0 Å². The summed E-state index contributed by atoms with van der Waals surface area (Å²) in [5.74, 6) is 0. The highest BCUT2D eigenvalue weighted by Crippen LogP contribution is 2.32. The molecule has 1 unspecified atom stereocenters. The van der Waals surface area contributed by atoms with Gasteiger partial charge in [0.2, 0.25) is 0 Å². The van der Waals surface area contributed by atoms with Crippen molar-refractivity contribution < 1.29 is 0 Å². The van der Waals surface area contributed by atoms with Gasteiger partial charge in [0.05, 0.1) is 5.69 Å². The van der Waals surface area contributed by atoms with Crippen molar-refractivity contribution in [3.63, 3.8) is 0 Å². The maximum Gasteiger partial charge on any atom is 0.151 e. The lowest BCUT2D eigenvalue weighted by Crippen LogP contribution is -2.00. The van der Waals surface area contributed by atoms with E-state index in [0.29, 0.717) is 5.15 Å². The molecule has 0 bridgehead atoms. The van der Waals surface area contributed by atoms with E-state index in [4.69, 9.17) is 11.6 Å². The molecule has 0 saturated heterocycles. The molecule has 0 aliphatic carbocycles. The fourth-order valence-electron chi connectivity index (χ4n) is 1.85. The van der Waals surface area contributed by atoms with Crippen LogP contribution in [0, 0.1) is 3.57 Å². The third-order valence-electron chi connectivity index (χ3n) is 2.64. The van der Waals surface area contributed by atoms with Crippen LogP contribution in [0.4, 0.5) is 0 Å². The molecule has 5 heteroatoms. The van der Waals surface area contributed by atoms with Crippen LogP contribution in [-0.4, -0.2) is 16.4 Å². The van der Waals surface area contributed by atoms with Crippen LogP contribution in [0.25, 0.3) is 0 Å². The van der Waals surface area contributed by atoms with Gasteiger partial charge >= 0.3 is 0 Å². The van der Waals surface area contributed by atoms with Gasteiger partial charge in [0, 0.05) is 9.78 Å². The van der Waals surface area contributed by atoms with Crippen molar-refractivity contribution in [1.82, 2.24) is 10.2 Å². The van der Waals surface area contributed by atoms with Crippen LogP contribution in [0.2, 0.25) is 5.15 Å². The van der Waals surface area contributed by atoms with E-state index < -0.39 is 0 Å². The summed E-state index contributed by atoms with van der Waals surface area (Å²) >= 11 is 8.02. The second kappa shape index (κ2) is 4.34. The molecule has 2 heterocycles. The molecule has 0 fully saturated rings. The lowest BCUT2D eigenvalue weighted by atomic mass is 10.0. The third kappa shape index (κ3) is 2.07. The lowest BCUT2D eigenvalue weighted by molar-refractivity contribution is 0.808. The lowest BCUT2D eigenvalue weighted by Gasteiger charge is -2.08. The number of halogens is 2. The van der Waals surface area contributed by atoms with Crippen LogP contribution < -0.4 is 0 Å². The highest BCUT2D eigenvalue weighted by molar-refractivity contribution is 14.1. The highest BCUT2D eigenvalue weighted by Gasteiger charge is 2.21. The molecule has 1 aliphatic rings. The van der Waals surface area contributed by atoms with Crippen LogP contribution in [0.1, 0.15) is 22.9 Å². The summed E-state index contributed by atoms with van der Waals surface area (Å²) in [6.45, 7) is 0. The summed E-state index contributed by atoms with van der Waals surface area (Å²) in [7, 11) is 0. The topological polar surface area (TPSA) is 38.1 Å². The Morgan fingerprint density at radius 1 is 1.12 bits per heavy atom. The van der Waals surface area contributed by atoms with Gasteiger partial charge in [-0.05, 0) is 58.0 Å². The van der Waals surface area contributed by atoms with Gasteiger partial charge in [-0.1, -0.05) is 17.7 Å². The summed E-state index contributed by atoms with van der Waals surface area (Å²) in [4.78, 5) is 4.47. The molecule has 0 amide bonds. The molecule has 3 rings (SSSR count). The second-order valence-electron chi connectivity index (χ2n) is 3.73. The van der Waals surface area contributed by atoms with Crippen molar-refractivity contribution in [2.75, 3.05) is 0 Å². The molecular weight excluding hydrogens is 349 g/mol. The maximum absolute atomic E-state index is 5.73. The van der Waals surface area contributed by atoms with Gasteiger partial charge in [0.25, 0.3) is 0 Å². The Balaban J connectivity index is 2.04. The number of rotatable bonds is 1. The number of benzene rings is 1. The summed E-state index contributed by atoms with van der Waals surface area (Å²) in [5, 5.41) is 8.34. The SMILES string of the molecule is Clc1ccc(C2N=Cc3cc(I)ccc32)nn1. The molecule has 0 N–H and O–H groups in total. The average Bonchev–Trinajstić information content (AvgIpc) is 2.73. The first-order chi connectivity index (χ1) is 8.24. The Hall–Kier alpha value is -1.01. The number of hydrogen-bond donors (Lipinski definition) is 0. The van der Waals surface area contributed by atoms with Crippen LogP contribution in [-0.2, 0) is 0 Å². The normalized spacial score (nSPS) is 17.2. The standard InChI is InChI=1S/C12H7ClIN3/c13-11-4-3-10(16-17-11)12-9-2-1-8(14)5-7(9)6-15-12/h1-6,12H. The van der Waals surface area contributed by atoms with Crippen molar-refractivity contribution in [1.29, 1.82) is 0 Å². The summed E-state index contributed by atoms with van der Waals surface area (Å²) in [5.41, 5.74) is 3.14. The van der Waals surface area contributed by atoms with E-state index in [-0.39, 0.29) is 6.04 Å². The molecular formula is C12H7ClIN3. The van der Waals surface area contributed by atoms with Gasteiger partial charge in [0.15, 0.2) is 5.15 Å². The zero-order valence-corrected chi connectivity index (χ0v) is 11.6. The molecule has 0 spiro atoms. The van der Waals surface area contributed by atoms with E-state index in [1.165, 1.54) is 9.13 Å². The van der Waals surface area contributed by atoms with E-state index in [1.807, 2.05) is 12.3 Å². The minimum Gasteiger partial charge on any atom is -0.278 e. The molecule has 3 nitrogen and oxygen atoms in total. The average molecular weight is 356 g/mol. The van der Waals surface area contributed by atoms with Gasteiger partial charge in [0.1, 0.15) is 6.04 Å². The predicted molar refractivity (Wildman–Crippen MR) is 75.6 cm³/mol. The molecule has 2 aromatic rings. The van der Waals surface area contributed by atoms with Crippen LogP contribution in [0.3, 0.4) is 0 Å². The Bertz CT molecular complexity index is 595. The zero-order chi connectivity index (χ0) is 11.8. The first-order valence-electron chi connectivity index (χ1n) is 5.06. The van der Waals surface area contributed by atoms with E-state index in [2.05, 4.69) is 56.0 Å². The predicted octanol–water partition coefficient (Wildman–Crippen LogP) is 3.26. The van der Waals surface area contributed by atoms with Gasteiger partial charge in [-0.25, -0.2) is 0 Å². The van der Waals surface area contributed by atoms with Crippen molar-refractivity contribution in [3.05, 3.63) is 55.9 Å². The highest BCUT2D eigenvalue weighted by atomic mass is 127. The maximum atomic E-state index is 5.73. The number of hydrogen-bond acceptors (Lipinski definition) is 3. The molecule has 84 valence electrons. The fourth-order valence-corrected chi connectivity index (χ4v) is 2.47. The number of aliphatic imine (C=N–C) groups is 1. The fraction of sp³-hybridized carbons (Fsp3) is 0.0833. The number of nitrogens with zero attached hydrogens (tertiary/aromatic N) is 3. The van der Waals surface area contributed by atoms with E-state index in [1.54, 1.807) is 6.07 Å². The first kappa shape index (κ1) is 11.1. The molecule has 0 saturated carbocycles. The van der Waals surface area contributed by atoms with Crippen LogP contribution in [0.15, 0.2) is 35.3 Å². The van der Waals surface area contributed by atoms with Crippen molar-refractivity contribution in [2.24, 2.45) is 4.99 Å². The number of fused-ring (bicyclic) bond motifs is 1. The van der Waals surface area contributed by atoms with Gasteiger partial charge in [-0.3, -0.25) is 4.99 Å². The molecule has 1 aliphatic heterocycles. The quantitative estimate of drug-likeness (QED) is 0.737. The Labute approximate surface area is 117 Å². The molecule has 1 aromatic heterocycles. The number of aromatic nitrogens is 2. The van der Waals surface area contributed by atoms with Gasteiger partial charge in [-0.2, -0.15) is 5.10 Å².